The van der Waals surface area contributed by atoms with E-state index in [9.17, 15) is 24.2 Å². The zero-order valence-electron chi connectivity index (χ0n) is 26.0. The van der Waals surface area contributed by atoms with E-state index in [4.69, 9.17) is 21.3 Å². The van der Waals surface area contributed by atoms with Crippen LogP contribution in [0.2, 0.25) is 5.02 Å². The molecule has 3 N–H and O–H groups in total. The highest BCUT2D eigenvalue weighted by molar-refractivity contribution is 7.11. The molecule has 0 amide bonds. The first kappa shape index (κ1) is 33.5. The number of carbonyl (C=O) groups is 2. The lowest BCUT2D eigenvalue weighted by atomic mass is 9.84. The summed E-state index contributed by atoms with van der Waals surface area (Å²) in [5.74, 6) is -0.584. The molecular formula is C33H42ClFN4O5S. The Bertz CT molecular complexity index is 1450. The molecule has 1 aliphatic carbocycles. The molecule has 244 valence electrons. The second-order valence-corrected chi connectivity index (χ2v) is 14.4. The van der Waals surface area contributed by atoms with Crippen molar-refractivity contribution < 1.29 is 28.9 Å². The first-order valence-corrected chi connectivity index (χ1v) is 16.9. The molecule has 3 heterocycles. The third-order valence-corrected chi connectivity index (χ3v) is 10.8. The summed E-state index contributed by atoms with van der Waals surface area (Å²) in [6.45, 7) is 4.74. The van der Waals surface area contributed by atoms with Crippen LogP contribution >= 0.6 is 22.9 Å². The molecule has 0 bridgehead atoms. The molecule has 2 fully saturated rings. The van der Waals surface area contributed by atoms with Gasteiger partial charge in [0.1, 0.15) is 18.1 Å². The number of hydrogen-bond acceptors (Lipinski definition) is 9. The number of aliphatic carboxylic acids is 1. The normalized spacial score (nSPS) is 26.3. The number of aliphatic hydroxyl groups is 1. The average molecular weight is 661 g/mol. The Morgan fingerprint density at radius 1 is 1.22 bits per heavy atom. The molecular weight excluding hydrogens is 619 g/mol. The first-order chi connectivity index (χ1) is 21.5. The van der Waals surface area contributed by atoms with E-state index in [1.807, 2.05) is 5.38 Å². The Kier molecular flexibility index (Phi) is 10.6. The molecule has 9 nitrogen and oxygen atoms in total. The Balaban J connectivity index is 1.39. The number of rotatable bonds is 9. The van der Waals surface area contributed by atoms with Crippen molar-refractivity contribution in [3.8, 4) is 0 Å². The zero-order chi connectivity index (χ0) is 32.3. The SMILES string of the molecule is COC(=O)C1=C(CC2CCCCC3C(O)N(CCC(C)(C)C(=O)O)C[C@@H]3CC2)NC(c2nccs2)=N[C@H]1c1ccc(F)cc1Cl. The van der Waals surface area contributed by atoms with Gasteiger partial charge in [-0.05, 0) is 69.9 Å². The first-order valence-electron chi connectivity index (χ1n) is 15.6. The lowest BCUT2D eigenvalue weighted by Crippen LogP contribution is -2.36. The number of allylic oxidation sites excluding steroid dienone is 1. The minimum absolute atomic E-state index is 0.156. The fourth-order valence-electron chi connectivity index (χ4n) is 6.91. The molecule has 45 heavy (non-hydrogen) atoms. The molecule has 2 aliphatic heterocycles. The Morgan fingerprint density at radius 2 is 2.00 bits per heavy atom. The molecule has 2 aromatic rings. The smallest absolute Gasteiger partial charge is 0.338 e. The van der Waals surface area contributed by atoms with Crippen LogP contribution in [0.25, 0.3) is 0 Å². The van der Waals surface area contributed by atoms with Gasteiger partial charge < -0.3 is 20.3 Å². The second kappa shape index (κ2) is 14.3. The van der Waals surface area contributed by atoms with Crippen molar-refractivity contribution in [1.82, 2.24) is 15.2 Å². The standard InChI is InChI=1S/C33H42ClFN4O5S/c1-33(2,32(42)43)12-14-39-18-20-9-8-19(6-4-5-7-22(20)30(39)40)16-25-26(31(41)44-3)27(23-11-10-21(35)17-24(23)34)38-28(37-25)29-36-13-15-45-29/h10-11,13,15,17,19-20,22,27,30,40H,4-9,12,14,16,18H2,1-3H3,(H,37,38)(H,42,43)/t19?,20-,22?,27-,30?/m0/s1. The maximum Gasteiger partial charge on any atom is 0.338 e. The van der Waals surface area contributed by atoms with Gasteiger partial charge in [0.2, 0.25) is 0 Å². The summed E-state index contributed by atoms with van der Waals surface area (Å²) < 4.78 is 19.3. The summed E-state index contributed by atoms with van der Waals surface area (Å²) in [4.78, 5) is 36.3. The van der Waals surface area contributed by atoms with Crippen LogP contribution in [0.1, 0.15) is 81.8 Å². The number of esters is 1. The van der Waals surface area contributed by atoms with Crippen LogP contribution in [-0.2, 0) is 14.3 Å². The predicted molar refractivity (Wildman–Crippen MR) is 171 cm³/mol. The number of benzene rings is 1. The highest BCUT2D eigenvalue weighted by Crippen LogP contribution is 2.42. The number of halogens is 2. The van der Waals surface area contributed by atoms with Crippen molar-refractivity contribution in [2.75, 3.05) is 20.2 Å². The molecule has 5 rings (SSSR count). The van der Waals surface area contributed by atoms with Gasteiger partial charge in [0.15, 0.2) is 10.8 Å². The van der Waals surface area contributed by atoms with E-state index < -0.39 is 35.4 Å². The molecule has 12 heteroatoms. The van der Waals surface area contributed by atoms with Crippen molar-refractivity contribution >= 4 is 40.7 Å². The predicted octanol–water partition coefficient (Wildman–Crippen LogP) is 6.18. The van der Waals surface area contributed by atoms with Crippen LogP contribution in [0.3, 0.4) is 0 Å². The third kappa shape index (κ3) is 7.59. The molecule has 0 spiro atoms. The van der Waals surface area contributed by atoms with E-state index in [1.165, 1.54) is 30.6 Å². The number of amidine groups is 1. The number of fused-ring (bicyclic) bond motifs is 1. The van der Waals surface area contributed by atoms with Crippen LogP contribution in [0.5, 0.6) is 0 Å². The van der Waals surface area contributed by atoms with Gasteiger partial charge in [0, 0.05) is 46.9 Å². The van der Waals surface area contributed by atoms with Crippen molar-refractivity contribution in [3.05, 3.63) is 62.5 Å². The van der Waals surface area contributed by atoms with Gasteiger partial charge in [-0.2, -0.15) is 0 Å². The van der Waals surface area contributed by atoms with E-state index in [0.717, 1.165) is 45.1 Å². The van der Waals surface area contributed by atoms with Crippen LogP contribution in [0.15, 0.2) is 46.0 Å². The zero-order valence-corrected chi connectivity index (χ0v) is 27.5. The van der Waals surface area contributed by atoms with Gasteiger partial charge in [-0.15, -0.1) is 11.3 Å². The number of likely N-dealkylation sites (tertiary alicyclic amines) is 1. The van der Waals surface area contributed by atoms with Gasteiger partial charge in [0.05, 0.1) is 18.1 Å². The molecule has 3 aliphatic rings. The molecule has 3 unspecified atom stereocenters. The minimum atomic E-state index is -0.849. The molecule has 1 aromatic heterocycles. The van der Waals surface area contributed by atoms with E-state index >= 15 is 0 Å². The lowest BCUT2D eigenvalue weighted by molar-refractivity contribution is -0.147. The van der Waals surface area contributed by atoms with Gasteiger partial charge in [-0.25, -0.2) is 14.2 Å². The molecule has 1 saturated heterocycles. The maximum atomic E-state index is 14.0. The van der Waals surface area contributed by atoms with Gasteiger partial charge in [-0.1, -0.05) is 36.9 Å². The van der Waals surface area contributed by atoms with Gasteiger partial charge in [-0.3, -0.25) is 14.7 Å². The van der Waals surface area contributed by atoms with E-state index in [1.54, 1.807) is 26.1 Å². The number of carbonyl (C=O) groups excluding carboxylic acids is 1. The third-order valence-electron chi connectivity index (χ3n) is 9.70. The lowest BCUT2D eigenvalue weighted by Gasteiger charge is -2.29. The van der Waals surface area contributed by atoms with Crippen LogP contribution in [-0.4, -0.2) is 64.3 Å². The number of thiazole rings is 1. The summed E-state index contributed by atoms with van der Waals surface area (Å²) in [6, 6.07) is 3.30. The van der Waals surface area contributed by atoms with Crippen molar-refractivity contribution in [2.45, 2.75) is 77.5 Å². The summed E-state index contributed by atoms with van der Waals surface area (Å²) in [6.07, 6.45) is 7.89. The number of carboxylic acids is 1. The number of aliphatic imine (C=N–C) groups is 1. The van der Waals surface area contributed by atoms with E-state index in [0.29, 0.717) is 53.0 Å². The Hall–Kier alpha value is -2.86. The van der Waals surface area contributed by atoms with E-state index in [-0.39, 0.29) is 16.9 Å². The quantitative estimate of drug-likeness (QED) is 0.273. The van der Waals surface area contributed by atoms with Crippen LogP contribution in [0.4, 0.5) is 4.39 Å². The largest absolute Gasteiger partial charge is 0.481 e. The number of aromatic nitrogens is 1. The Labute approximate surface area is 272 Å². The maximum absolute atomic E-state index is 14.0. The summed E-state index contributed by atoms with van der Waals surface area (Å²) in [5, 5.41) is 26.9. The van der Waals surface area contributed by atoms with Crippen molar-refractivity contribution in [1.29, 1.82) is 0 Å². The second-order valence-electron chi connectivity index (χ2n) is 13.1. The highest BCUT2D eigenvalue weighted by atomic mass is 35.5. The van der Waals surface area contributed by atoms with Gasteiger partial charge >= 0.3 is 11.9 Å². The van der Waals surface area contributed by atoms with E-state index in [2.05, 4.69) is 15.2 Å². The molecule has 0 radical (unpaired) electrons. The minimum Gasteiger partial charge on any atom is -0.481 e. The van der Waals surface area contributed by atoms with Crippen molar-refractivity contribution in [3.63, 3.8) is 0 Å². The van der Waals surface area contributed by atoms with Crippen molar-refractivity contribution in [2.24, 2.45) is 28.2 Å². The summed E-state index contributed by atoms with van der Waals surface area (Å²) in [7, 11) is 1.34. The fourth-order valence-corrected chi connectivity index (χ4v) is 7.77. The Morgan fingerprint density at radius 3 is 2.69 bits per heavy atom. The summed E-state index contributed by atoms with van der Waals surface area (Å²) in [5.41, 5.74) is 0.721. The molecule has 5 atom stereocenters. The molecule has 1 aromatic carbocycles. The highest BCUT2D eigenvalue weighted by Gasteiger charge is 2.42. The fraction of sp³-hybridized carbons (Fsp3) is 0.576. The number of methoxy groups -OCH3 is 1. The topological polar surface area (TPSA) is 124 Å². The molecule has 1 saturated carbocycles. The number of nitrogens with zero attached hydrogens (tertiary/aromatic N) is 3. The number of hydrogen-bond donors (Lipinski definition) is 3. The van der Waals surface area contributed by atoms with Crippen LogP contribution in [0, 0.1) is 29.0 Å². The number of carboxylic acid groups (broad SMARTS) is 1. The summed E-state index contributed by atoms with van der Waals surface area (Å²) >= 11 is 7.94. The average Bonchev–Trinajstić information content (AvgIpc) is 3.66. The van der Waals surface area contributed by atoms with Crippen LogP contribution < -0.4 is 5.32 Å². The monoisotopic (exact) mass is 660 g/mol. The van der Waals surface area contributed by atoms with Gasteiger partial charge in [0.25, 0.3) is 0 Å². The number of ether oxygens (including phenoxy) is 1. The number of nitrogens with one attached hydrogen (secondary N) is 1. The number of aliphatic hydroxyl groups excluding tert-OH is 1.